The molecule has 0 saturated carbocycles. The Morgan fingerprint density at radius 2 is 2.00 bits per heavy atom. The third-order valence-corrected chi connectivity index (χ3v) is 4.57. The van der Waals surface area contributed by atoms with Gasteiger partial charge in [-0.3, -0.25) is 0 Å². The van der Waals surface area contributed by atoms with E-state index in [2.05, 4.69) is 0 Å². The monoisotopic (exact) mass is 289 g/mol. The van der Waals surface area contributed by atoms with Gasteiger partial charge in [-0.2, -0.15) is 12.7 Å². The molecule has 18 heavy (non-hydrogen) atoms. The lowest BCUT2D eigenvalue weighted by molar-refractivity contribution is 0.260. The van der Waals surface area contributed by atoms with E-state index in [0.29, 0.717) is 24.0 Å². The van der Waals surface area contributed by atoms with E-state index in [-0.39, 0.29) is 5.75 Å². The van der Waals surface area contributed by atoms with Gasteiger partial charge in [0.25, 0.3) is 0 Å². The molecule has 0 radical (unpaired) electrons. The molecule has 0 aliphatic carbocycles. The minimum atomic E-state index is -3.69. The van der Waals surface area contributed by atoms with Gasteiger partial charge < -0.3 is 4.18 Å². The molecule has 1 saturated heterocycles. The van der Waals surface area contributed by atoms with Crippen molar-refractivity contribution in [1.29, 1.82) is 0 Å². The third-order valence-electron chi connectivity index (χ3n) is 2.95. The first-order valence-corrected chi connectivity index (χ1v) is 7.67. The molecule has 0 unspecified atom stereocenters. The van der Waals surface area contributed by atoms with Gasteiger partial charge in [-0.05, 0) is 43.0 Å². The summed E-state index contributed by atoms with van der Waals surface area (Å²) in [5, 5.41) is 0.548. The topological polar surface area (TPSA) is 46.6 Å². The molecule has 1 aromatic carbocycles. The highest BCUT2D eigenvalue weighted by atomic mass is 35.5. The van der Waals surface area contributed by atoms with E-state index < -0.39 is 10.3 Å². The Hall–Kier alpha value is -0.780. The van der Waals surface area contributed by atoms with Gasteiger partial charge in [0.2, 0.25) is 0 Å². The second-order valence-electron chi connectivity index (χ2n) is 4.60. The summed E-state index contributed by atoms with van der Waals surface area (Å²) >= 11 is 5.74. The van der Waals surface area contributed by atoms with Crippen LogP contribution in [-0.4, -0.2) is 25.8 Å². The molecule has 100 valence electrons. The lowest BCUT2D eigenvalue weighted by Crippen LogP contribution is -2.41. The van der Waals surface area contributed by atoms with Crippen molar-refractivity contribution in [2.24, 2.45) is 5.92 Å². The number of rotatable bonds is 3. The van der Waals surface area contributed by atoms with Crippen molar-refractivity contribution in [3.05, 3.63) is 29.3 Å². The van der Waals surface area contributed by atoms with Crippen LogP contribution < -0.4 is 4.18 Å². The van der Waals surface area contributed by atoms with Crippen molar-refractivity contribution in [3.63, 3.8) is 0 Å². The standard InChI is InChI=1S/C12H16ClNO3S/c1-10-3-2-8-14(9-10)18(15,16)17-12-6-4-11(13)5-7-12/h4-7,10H,2-3,8-9H2,1H3/t10-/m0/s1. The number of nitrogens with zero attached hydrogens (tertiary/aromatic N) is 1. The van der Waals surface area contributed by atoms with Crippen LogP contribution in [0.3, 0.4) is 0 Å². The van der Waals surface area contributed by atoms with Crippen LogP contribution in [-0.2, 0) is 10.3 Å². The van der Waals surface area contributed by atoms with Crippen molar-refractivity contribution in [2.75, 3.05) is 13.1 Å². The summed E-state index contributed by atoms with van der Waals surface area (Å²) in [6, 6.07) is 6.30. The van der Waals surface area contributed by atoms with Crippen LogP contribution in [0.1, 0.15) is 19.8 Å². The van der Waals surface area contributed by atoms with E-state index in [1.165, 1.54) is 4.31 Å². The van der Waals surface area contributed by atoms with Gasteiger partial charge in [0.05, 0.1) is 0 Å². The second-order valence-corrected chi connectivity index (χ2v) is 6.58. The zero-order chi connectivity index (χ0) is 13.2. The van der Waals surface area contributed by atoms with Gasteiger partial charge >= 0.3 is 10.3 Å². The highest BCUT2D eigenvalue weighted by molar-refractivity contribution is 7.84. The van der Waals surface area contributed by atoms with E-state index in [9.17, 15) is 8.42 Å². The van der Waals surface area contributed by atoms with Gasteiger partial charge in [-0.15, -0.1) is 0 Å². The molecule has 1 fully saturated rings. The van der Waals surface area contributed by atoms with E-state index >= 15 is 0 Å². The highest BCUT2D eigenvalue weighted by Gasteiger charge is 2.28. The van der Waals surface area contributed by atoms with Crippen LogP contribution in [0, 0.1) is 5.92 Å². The predicted molar refractivity (Wildman–Crippen MR) is 71.0 cm³/mol. The average Bonchev–Trinajstić information content (AvgIpc) is 2.32. The lowest BCUT2D eigenvalue weighted by atomic mass is 10.0. The first kappa shape index (κ1) is 13.6. The Bertz CT molecular complexity index is 501. The van der Waals surface area contributed by atoms with Crippen LogP contribution in [0.25, 0.3) is 0 Å². The maximum Gasteiger partial charge on any atom is 0.385 e. The lowest BCUT2D eigenvalue weighted by Gasteiger charge is -2.29. The van der Waals surface area contributed by atoms with Gasteiger partial charge in [0, 0.05) is 18.1 Å². The quantitative estimate of drug-likeness (QED) is 0.859. The fraction of sp³-hybridized carbons (Fsp3) is 0.500. The largest absolute Gasteiger partial charge is 0.385 e. The number of hydrogen-bond donors (Lipinski definition) is 0. The molecule has 6 heteroatoms. The molecule has 1 heterocycles. The van der Waals surface area contributed by atoms with Crippen LogP contribution in [0.2, 0.25) is 5.02 Å². The molecule has 0 amide bonds. The van der Waals surface area contributed by atoms with Crippen molar-refractivity contribution in [1.82, 2.24) is 4.31 Å². The normalized spacial score (nSPS) is 21.8. The van der Waals surface area contributed by atoms with E-state index in [4.69, 9.17) is 15.8 Å². The van der Waals surface area contributed by atoms with Gasteiger partial charge in [0.1, 0.15) is 5.75 Å². The number of halogens is 1. The van der Waals surface area contributed by atoms with E-state index in [1.807, 2.05) is 6.92 Å². The summed E-state index contributed by atoms with van der Waals surface area (Å²) in [6.07, 6.45) is 1.94. The predicted octanol–water partition coefficient (Wildman–Crippen LogP) is 2.70. The second kappa shape index (κ2) is 5.47. The summed E-state index contributed by atoms with van der Waals surface area (Å²) in [6.45, 7) is 3.10. The Balaban J connectivity index is 2.09. The Morgan fingerprint density at radius 1 is 1.33 bits per heavy atom. The first-order valence-electron chi connectivity index (χ1n) is 5.92. The van der Waals surface area contributed by atoms with Crippen molar-refractivity contribution in [2.45, 2.75) is 19.8 Å². The molecule has 0 N–H and O–H groups in total. The molecule has 1 aliphatic heterocycles. The molecule has 0 spiro atoms. The SMILES string of the molecule is C[C@H]1CCCN(S(=O)(=O)Oc2ccc(Cl)cc2)C1. The molecular formula is C12H16ClNO3S. The smallest absolute Gasteiger partial charge is 0.371 e. The molecular weight excluding hydrogens is 274 g/mol. The minimum Gasteiger partial charge on any atom is -0.371 e. The maximum absolute atomic E-state index is 12.1. The van der Waals surface area contributed by atoms with Crippen LogP contribution >= 0.6 is 11.6 Å². The third kappa shape index (κ3) is 3.37. The Kier molecular flexibility index (Phi) is 4.14. The van der Waals surface area contributed by atoms with Crippen molar-refractivity contribution < 1.29 is 12.6 Å². The maximum atomic E-state index is 12.1. The van der Waals surface area contributed by atoms with E-state index in [0.717, 1.165) is 12.8 Å². The first-order chi connectivity index (χ1) is 8.47. The van der Waals surface area contributed by atoms with Gasteiger partial charge in [-0.1, -0.05) is 18.5 Å². The minimum absolute atomic E-state index is 0.289. The summed E-state index contributed by atoms with van der Waals surface area (Å²) < 4.78 is 30.6. The molecule has 0 bridgehead atoms. The zero-order valence-corrected chi connectivity index (χ0v) is 11.7. The Labute approximate surface area is 113 Å². The fourth-order valence-corrected chi connectivity index (χ4v) is 3.39. The summed E-state index contributed by atoms with van der Waals surface area (Å²) in [7, 11) is -3.69. The summed E-state index contributed by atoms with van der Waals surface area (Å²) in [4.78, 5) is 0. The molecule has 4 nitrogen and oxygen atoms in total. The number of piperidine rings is 1. The van der Waals surface area contributed by atoms with Crippen molar-refractivity contribution in [3.8, 4) is 5.75 Å². The Morgan fingerprint density at radius 3 is 2.61 bits per heavy atom. The summed E-state index contributed by atoms with van der Waals surface area (Å²) in [5.41, 5.74) is 0. The number of hydrogen-bond acceptors (Lipinski definition) is 3. The zero-order valence-electron chi connectivity index (χ0n) is 10.2. The van der Waals surface area contributed by atoms with Crippen molar-refractivity contribution >= 4 is 21.9 Å². The number of benzene rings is 1. The highest BCUT2D eigenvalue weighted by Crippen LogP contribution is 2.22. The van der Waals surface area contributed by atoms with Gasteiger partial charge in [-0.25, -0.2) is 0 Å². The molecule has 1 aromatic rings. The van der Waals surface area contributed by atoms with Crippen LogP contribution in [0.4, 0.5) is 0 Å². The van der Waals surface area contributed by atoms with Gasteiger partial charge in [0.15, 0.2) is 0 Å². The molecule has 2 rings (SSSR count). The summed E-state index contributed by atoms with van der Waals surface area (Å²) in [5.74, 6) is 0.667. The fourth-order valence-electron chi connectivity index (χ4n) is 2.01. The average molecular weight is 290 g/mol. The molecule has 0 aromatic heterocycles. The van der Waals surface area contributed by atoms with E-state index in [1.54, 1.807) is 24.3 Å². The van der Waals surface area contributed by atoms with Crippen LogP contribution in [0.5, 0.6) is 5.75 Å². The van der Waals surface area contributed by atoms with Crippen LogP contribution in [0.15, 0.2) is 24.3 Å². The molecule has 1 aliphatic rings. The molecule has 1 atom stereocenters.